The predicted molar refractivity (Wildman–Crippen MR) is 83.0 cm³/mol. The number of hydrogen-bond acceptors (Lipinski definition) is 2. The predicted octanol–water partition coefficient (Wildman–Crippen LogP) is 4.87. The van der Waals surface area contributed by atoms with Gasteiger partial charge in [0.25, 0.3) is 0 Å². The summed E-state index contributed by atoms with van der Waals surface area (Å²) < 4.78 is 0. The maximum Gasteiger partial charge on any atom is 0.161 e. The van der Waals surface area contributed by atoms with E-state index < -0.39 is 0 Å². The molecule has 1 saturated carbocycles. The molecule has 0 saturated heterocycles. The van der Waals surface area contributed by atoms with Gasteiger partial charge in [0.2, 0.25) is 0 Å². The van der Waals surface area contributed by atoms with E-state index in [0.717, 1.165) is 29.4 Å². The van der Waals surface area contributed by atoms with Crippen LogP contribution in [0.15, 0.2) is 30.3 Å². The lowest BCUT2D eigenvalue weighted by molar-refractivity contribution is 0.634. The zero-order chi connectivity index (χ0) is 14.1. The molecule has 0 aliphatic heterocycles. The van der Waals surface area contributed by atoms with Crippen LogP contribution in [0.3, 0.4) is 0 Å². The summed E-state index contributed by atoms with van der Waals surface area (Å²) in [5.41, 5.74) is 3.49. The highest BCUT2D eigenvalue weighted by Crippen LogP contribution is 2.40. The van der Waals surface area contributed by atoms with Crippen molar-refractivity contribution in [3.8, 4) is 11.4 Å². The fourth-order valence-corrected chi connectivity index (χ4v) is 2.64. The Labute approximate surface area is 125 Å². The lowest BCUT2D eigenvalue weighted by Crippen LogP contribution is -2.00. The molecule has 1 aromatic heterocycles. The van der Waals surface area contributed by atoms with Gasteiger partial charge in [0, 0.05) is 11.3 Å². The van der Waals surface area contributed by atoms with Crippen molar-refractivity contribution in [3.63, 3.8) is 0 Å². The summed E-state index contributed by atoms with van der Waals surface area (Å²) in [6.07, 6.45) is 3.58. The Balaban J connectivity index is 1.89. The fourth-order valence-electron chi connectivity index (χ4n) is 2.44. The smallest absolute Gasteiger partial charge is 0.161 e. The molecule has 2 nitrogen and oxygen atoms in total. The van der Waals surface area contributed by atoms with Crippen LogP contribution in [0.2, 0.25) is 5.15 Å². The standard InChI is InChI=1S/C17H19ClN2/c1-11(2)9-15-10-16(18)20-17(19-15)14-7-5-13(6-8-14)12-3-4-12/h5-8,10-12H,3-4,9H2,1-2H3. The third kappa shape index (κ3) is 3.18. The molecule has 0 amide bonds. The van der Waals surface area contributed by atoms with E-state index in [1.54, 1.807) is 0 Å². The molecule has 0 radical (unpaired) electrons. The van der Waals surface area contributed by atoms with E-state index in [-0.39, 0.29) is 0 Å². The first kappa shape index (κ1) is 13.6. The van der Waals surface area contributed by atoms with E-state index in [9.17, 15) is 0 Å². The third-order valence-corrected chi connectivity index (χ3v) is 3.78. The summed E-state index contributed by atoms with van der Waals surface area (Å²) in [7, 11) is 0. The Morgan fingerprint density at radius 1 is 1.15 bits per heavy atom. The highest BCUT2D eigenvalue weighted by molar-refractivity contribution is 6.29. The Morgan fingerprint density at radius 2 is 1.85 bits per heavy atom. The molecule has 3 heteroatoms. The van der Waals surface area contributed by atoms with E-state index in [4.69, 9.17) is 11.6 Å². The van der Waals surface area contributed by atoms with Crippen LogP contribution in [0.4, 0.5) is 0 Å². The lowest BCUT2D eigenvalue weighted by atomic mass is 10.1. The lowest BCUT2D eigenvalue weighted by Gasteiger charge is -2.08. The molecule has 104 valence electrons. The molecule has 1 aromatic carbocycles. The van der Waals surface area contributed by atoms with Crippen molar-refractivity contribution in [1.82, 2.24) is 9.97 Å². The van der Waals surface area contributed by atoms with Crippen LogP contribution in [0, 0.1) is 5.92 Å². The molecule has 1 aliphatic rings. The molecule has 0 N–H and O–H groups in total. The van der Waals surface area contributed by atoms with E-state index >= 15 is 0 Å². The first-order chi connectivity index (χ1) is 9.61. The van der Waals surface area contributed by atoms with Crippen molar-refractivity contribution >= 4 is 11.6 Å². The van der Waals surface area contributed by atoms with Crippen molar-refractivity contribution in [3.05, 3.63) is 46.7 Å². The van der Waals surface area contributed by atoms with Gasteiger partial charge in [-0.05, 0) is 42.7 Å². The Morgan fingerprint density at radius 3 is 2.45 bits per heavy atom. The van der Waals surface area contributed by atoms with Crippen LogP contribution in [0.5, 0.6) is 0 Å². The third-order valence-electron chi connectivity index (χ3n) is 3.58. The Hall–Kier alpha value is -1.41. The molecule has 20 heavy (non-hydrogen) atoms. The van der Waals surface area contributed by atoms with Crippen LogP contribution in [0.1, 0.15) is 43.9 Å². The van der Waals surface area contributed by atoms with Crippen molar-refractivity contribution in [2.24, 2.45) is 5.92 Å². The number of halogens is 1. The van der Waals surface area contributed by atoms with Crippen molar-refractivity contribution in [1.29, 1.82) is 0 Å². The maximum absolute atomic E-state index is 6.12. The highest BCUT2D eigenvalue weighted by atomic mass is 35.5. The molecule has 3 rings (SSSR count). The largest absolute Gasteiger partial charge is 0.233 e. The Bertz CT molecular complexity index is 601. The van der Waals surface area contributed by atoms with Gasteiger partial charge in [0.15, 0.2) is 5.82 Å². The quantitative estimate of drug-likeness (QED) is 0.749. The van der Waals surface area contributed by atoms with Crippen LogP contribution >= 0.6 is 11.6 Å². The molecular formula is C17H19ClN2. The molecule has 1 aliphatic carbocycles. The van der Waals surface area contributed by atoms with Crippen LogP contribution < -0.4 is 0 Å². The Kier molecular flexibility index (Phi) is 3.75. The van der Waals surface area contributed by atoms with Gasteiger partial charge >= 0.3 is 0 Å². The van der Waals surface area contributed by atoms with Crippen LogP contribution in [-0.2, 0) is 6.42 Å². The second kappa shape index (κ2) is 5.53. The summed E-state index contributed by atoms with van der Waals surface area (Å²) in [5, 5.41) is 0.525. The number of nitrogens with zero attached hydrogens (tertiary/aromatic N) is 2. The second-order valence-corrected chi connectivity index (χ2v) is 6.39. The van der Waals surface area contributed by atoms with Gasteiger partial charge in [-0.3, -0.25) is 0 Å². The van der Waals surface area contributed by atoms with Gasteiger partial charge < -0.3 is 0 Å². The van der Waals surface area contributed by atoms with Crippen LogP contribution in [0.25, 0.3) is 11.4 Å². The van der Waals surface area contributed by atoms with Gasteiger partial charge in [-0.1, -0.05) is 49.7 Å². The molecule has 1 heterocycles. The van der Waals surface area contributed by atoms with E-state index in [1.807, 2.05) is 6.07 Å². The fraction of sp³-hybridized carbons (Fsp3) is 0.412. The minimum Gasteiger partial charge on any atom is -0.233 e. The SMILES string of the molecule is CC(C)Cc1cc(Cl)nc(-c2ccc(C3CC3)cc2)n1. The molecule has 0 unspecified atom stereocenters. The van der Waals surface area contributed by atoms with Crippen molar-refractivity contribution < 1.29 is 0 Å². The minimum absolute atomic E-state index is 0.525. The van der Waals surface area contributed by atoms with Gasteiger partial charge in [0.05, 0.1) is 0 Å². The van der Waals surface area contributed by atoms with E-state index in [2.05, 4.69) is 48.1 Å². The average molecular weight is 287 g/mol. The summed E-state index contributed by atoms with van der Waals surface area (Å²) in [6.45, 7) is 4.36. The topological polar surface area (TPSA) is 25.8 Å². The highest BCUT2D eigenvalue weighted by Gasteiger charge is 2.23. The molecule has 2 aromatic rings. The molecule has 0 atom stereocenters. The van der Waals surface area contributed by atoms with Crippen molar-refractivity contribution in [2.75, 3.05) is 0 Å². The van der Waals surface area contributed by atoms with E-state index in [1.165, 1.54) is 18.4 Å². The normalized spacial score (nSPS) is 14.8. The van der Waals surface area contributed by atoms with E-state index in [0.29, 0.717) is 11.1 Å². The monoisotopic (exact) mass is 286 g/mol. The first-order valence-electron chi connectivity index (χ1n) is 7.25. The minimum atomic E-state index is 0.525. The number of benzene rings is 1. The zero-order valence-electron chi connectivity index (χ0n) is 11.9. The van der Waals surface area contributed by atoms with Gasteiger partial charge in [-0.25, -0.2) is 9.97 Å². The maximum atomic E-state index is 6.12. The second-order valence-electron chi connectivity index (χ2n) is 6.00. The van der Waals surface area contributed by atoms with Crippen LogP contribution in [-0.4, -0.2) is 9.97 Å². The number of hydrogen-bond donors (Lipinski definition) is 0. The van der Waals surface area contributed by atoms with Gasteiger partial charge in [0.1, 0.15) is 5.15 Å². The first-order valence-corrected chi connectivity index (χ1v) is 7.63. The van der Waals surface area contributed by atoms with Gasteiger partial charge in [-0.15, -0.1) is 0 Å². The summed E-state index contributed by atoms with van der Waals surface area (Å²) >= 11 is 6.12. The average Bonchev–Trinajstić information content (AvgIpc) is 3.21. The van der Waals surface area contributed by atoms with Crippen molar-refractivity contribution in [2.45, 2.75) is 39.0 Å². The summed E-state index contributed by atoms with van der Waals surface area (Å²) in [4.78, 5) is 8.99. The number of rotatable bonds is 4. The summed E-state index contributed by atoms with van der Waals surface area (Å²) in [5.74, 6) is 2.07. The molecule has 0 bridgehead atoms. The van der Waals surface area contributed by atoms with Gasteiger partial charge in [-0.2, -0.15) is 0 Å². The summed E-state index contributed by atoms with van der Waals surface area (Å²) in [6, 6.07) is 10.5. The number of aromatic nitrogens is 2. The molecule has 1 fully saturated rings. The molecular weight excluding hydrogens is 268 g/mol. The molecule has 0 spiro atoms. The zero-order valence-corrected chi connectivity index (χ0v) is 12.7.